The summed E-state index contributed by atoms with van der Waals surface area (Å²) >= 11 is 4.34. The Hall–Kier alpha value is -2.04. The second-order valence-corrected chi connectivity index (χ2v) is 7.84. The van der Waals surface area contributed by atoms with Gasteiger partial charge in [0.05, 0.1) is 5.69 Å². The highest BCUT2D eigenvalue weighted by Gasteiger charge is 2.49. The van der Waals surface area contributed by atoms with E-state index in [2.05, 4.69) is 21.1 Å². The van der Waals surface area contributed by atoms with E-state index in [9.17, 15) is 18.0 Å². The van der Waals surface area contributed by atoms with Crippen LogP contribution in [0.5, 0.6) is 0 Å². The lowest BCUT2D eigenvalue weighted by Crippen LogP contribution is -2.38. The van der Waals surface area contributed by atoms with Crippen LogP contribution in [0.25, 0.3) is 5.69 Å². The monoisotopic (exact) mass is 458 g/mol. The van der Waals surface area contributed by atoms with E-state index in [0.29, 0.717) is 16.1 Å². The van der Waals surface area contributed by atoms with Gasteiger partial charge in [0.1, 0.15) is 6.61 Å². The number of benzene rings is 2. The van der Waals surface area contributed by atoms with Crippen LogP contribution in [0.1, 0.15) is 11.4 Å². The molecule has 2 heterocycles. The average molecular weight is 459 g/mol. The van der Waals surface area contributed by atoms with Crippen LogP contribution in [0, 0.1) is 0 Å². The topological polar surface area (TPSA) is 57.3 Å². The number of halogens is 4. The molecule has 0 aliphatic carbocycles. The fourth-order valence-electron chi connectivity index (χ4n) is 2.82. The number of aromatic nitrogens is 2. The highest BCUT2D eigenvalue weighted by atomic mass is 79.9. The largest absolute Gasteiger partial charge is 0.446 e. The molecule has 0 saturated carbocycles. The molecular weight excluding hydrogens is 449 g/mol. The molecule has 2 aromatic carbocycles. The first-order valence-electron chi connectivity index (χ1n) is 7.64. The number of rotatable bonds is 3. The molecule has 3 aromatic rings. The Morgan fingerprint density at radius 2 is 1.89 bits per heavy atom. The summed E-state index contributed by atoms with van der Waals surface area (Å²) in [6.07, 6.45) is -4.56. The van der Waals surface area contributed by atoms with E-state index >= 15 is 0 Å². The molecule has 1 aliphatic rings. The van der Waals surface area contributed by atoms with Gasteiger partial charge in [0.25, 0.3) is 0 Å². The van der Waals surface area contributed by atoms with Crippen LogP contribution < -0.4 is 5.76 Å². The van der Waals surface area contributed by atoms with Crippen LogP contribution in [0.2, 0.25) is 0 Å². The van der Waals surface area contributed by atoms with Gasteiger partial charge in [0.15, 0.2) is 0 Å². The molecule has 4 rings (SSSR count). The summed E-state index contributed by atoms with van der Waals surface area (Å²) in [6.45, 7) is -1.51. The van der Waals surface area contributed by atoms with Crippen molar-refractivity contribution in [3.05, 3.63) is 74.9 Å². The van der Waals surface area contributed by atoms with E-state index in [1.807, 2.05) is 0 Å². The Kier molecular flexibility index (Phi) is 4.44. The van der Waals surface area contributed by atoms with Gasteiger partial charge in [0.2, 0.25) is 10.8 Å². The fraction of sp³-hybridized carbons (Fsp3) is 0.176. The first-order chi connectivity index (χ1) is 12.8. The Bertz CT molecular complexity index is 1050. The van der Waals surface area contributed by atoms with E-state index in [4.69, 9.17) is 9.26 Å². The number of thioether (sulfide) groups is 1. The Morgan fingerprint density at radius 3 is 2.59 bits per heavy atom. The summed E-state index contributed by atoms with van der Waals surface area (Å²) in [6, 6.07) is 13.4. The molecule has 140 valence electrons. The lowest BCUT2D eigenvalue weighted by molar-refractivity contribution is -0.188. The van der Waals surface area contributed by atoms with Crippen molar-refractivity contribution in [2.45, 2.75) is 16.0 Å². The summed E-state index contributed by atoms with van der Waals surface area (Å²) in [5.74, 6) is -0.849. The minimum absolute atomic E-state index is 0.0530. The van der Waals surface area contributed by atoms with Gasteiger partial charge in [-0.1, -0.05) is 57.1 Å². The average Bonchev–Trinajstić information content (AvgIpc) is 3.02. The van der Waals surface area contributed by atoms with Gasteiger partial charge in [-0.2, -0.15) is 13.2 Å². The van der Waals surface area contributed by atoms with Crippen molar-refractivity contribution in [3.63, 3.8) is 0 Å². The van der Waals surface area contributed by atoms with Crippen molar-refractivity contribution < 1.29 is 22.4 Å². The quantitative estimate of drug-likeness (QED) is 0.579. The molecule has 10 heteroatoms. The first kappa shape index (κ1) is 18.3. The summed E-state index contributed by atoms with van der Waals surface area (Å²) in [5.41, 5.74) is 0.878. The van der Waals surface area contributed by atoms with E-state index in [1.54, 1.807) is 48.5 Å². The van der Waals surface area contributed by atoms with Crippen molar-refractivity contribution in [2.75, 3.05) is 6.61 Å². The maximum atomic E-state index is 13.0. The smallest absolute Gasteiger partial charge is 0.343 e. The number of para-hydroxylation sites is 1. The number of ether oxygens (including phenoxy) is 1. The minimum Gasteiger partial charge on any atom is -0.343 e. The molecule has 0 unspecified atom stereocenters. The number of hydrogen-bond donors (Lipinski definition) is 0. The number of fused-ring (bicyclic) bond motifs is 3. The second-order valence-electron chi connectivity index (χ2n) is 5.70. The van der Waals surface area contributed by atoms with E-state index in [0.717, 1.165) is 20.8 Å². The summed E-state index contributed by atoms with van der Waals surface area (Å²) in [4.78, 5) is 11.1. The van der Waals surface area contributed by atoms with Gasteiger partial charge in [-0.25, -0.2) is 9.36 Å². The van der Waals surface area contributed by atoms with Crippen LogP contribution in [0.15, 0.2) is 67.2 Å². The Morgan fingerprint density at radius 1 is 1.19 bits per heavy atom. The van der Waals surface area contributed by atoms with Gasteiger partial charge in [-0.05, 0) is 24.3 Å². The molecule has 0 bridgehead atoms. The SMILES string of the molecule is O=c1onc2n1-c1ccccc1S[C@@]2(OCC(F)(F)F)c1ccc(Br)cc1. The highest BCUT2D eigenvalue weighted by molar-refractivity contribution is 9.10. The lowest BCUT2D eigenvalue weighted by atomic mass is 10.1. The third kappa shape index (κ3) is 3.21. The standard InChI is InChI=1S/C17H10BrF3N2O3S/c18-11-7-5-10(6-8-11)17(25-9-16(19,20)21)14-22-26-15(24)23(14)12-3-1-2-4-13(12)27-17/h1-8H,9H2/t17-/m0/s1. The van der Waals surface area contributed by atoms with Crippen LogP contribution in [-0.2, 0) is 9.67 Å². The molecule has 0 saturated heterocycles. The van der Waals surface area contributed by atoms with Crippen molar-refractivity contribution in [3.8, 4) is 5.69 Å². The molecule has 0 radical (unpaired) electrons. The van der Waals surface area contributed by atoms with Crippen molar-refractivity contribution in [1.82, 2.24) is 9.72 Å². The summed E-state index contributed by atoms with van der Waals surface area (Å²) in [5, 5.41) is 3.76. The van der Waals surface area contributed by atoms with Crippen LogP contribution in [-0.4, -0.2) is 22.5 Å². The highest BCUT2D eigenvalue weighted by Crippen LogP contribution is 2.52. The molecular formula is C17H10BrF3N2O3S. The molecule has 1 atom stereocenters. The molecule has 1 aromatic heterocycles. The van der Waals surface area contributed by atoms with Crippen molar-refractivity contribution >= 4 is 27.7 Å². The number of nitrogens with zero attached hydrogens (tertiary/aromatic N) is 2. The molecule has 5 nitrogen and oxygen atoms in total. The molecule has 0 amide bonds. The van der Waals surface area contributed by atoms with Crippen LogP contribution in [0.3, 0.4) is 0 Å². The van der Waals surface area contributed by atoms with Gasteiger partial charge < -0.3 is 4.74 Å². The predicted molar refractivity (Wildman–Crippen MR) is 94.9 cm³/mol. The lowest BCUT2D eigenvalue weighted by Gasteiger charge is -2.36. The van der Waals surface area contributed by atoms with E-state index in [-0.39, 0.29) is 5.82 Å². The molecule has 0 N–H and O–H groups in total. The zero-order chi connectivity index (χ0) is 19.2. The summed E-state index contributed by atoms with van der Waals surface area (Å²) in [7, 11) is 0. The van der Waals surface area contributed by atoms with E-state index < -0.39 is 23.5 Å². The number of hydrogen-bond acceptors (Lipinski definition) is 5. The zero-order valence-corrected chi connectivity index (χ0v) is 15.8. The fourth-order valence-corrected chi connectivity index (χ4v) is 4.39. The van der Waals surface area contributed by atoms with E-state index in [1.165, 1.54) is 0 Å². The van der Waals surface area contributed by atoms with Gasteiger partial charge in [0, 0.05) is 14.9 Å². The van der Waals surface area contributed by atoms with Crippen LogP contribution >= 0.6 is 27.7 Å². The molecule has 0 spiro atoms. The second kappa shape index (κ2) is 6.54. The first-order valence-corrected chi connectivity index (χ1v) is 9.25. The maximum absolute atomic E-state index is 13.0. The van der Waals surface area contributed by atoms with Gasteiger partial charge in [-0.3, -0.25) is 4.52 Å². The minimum atomic E-state index is -4.56. The normalized spacial score (nSPS) is 18.8. The Balaban J connectivity index is 1.96. The van der Waals surface area contributed by atoms with Crippen molar-refractivity contribution in [1.29, 1.82) is 0 Å². The Labute approximate surface area is 163 Å². The maximum Gasteiger partial charge on any atom is 0.446 e. The van der Waals surface area contributed by atoms with Gasteiger partial charge >= 0.3 is 11.9 Å². The van der Waals surface area contributed by atoms with Crippen LogP contribution in [0.4, 0.5) is 13.2 Å². The van der Waals surface area contributed by atoms with Gasteiger partial charge in [-0.15, -0.1) is 0 Å². The molecule has 0 fully saturated rings. The number of alkyl halides is 3. The van der Waals surface area contributed by atoms with Crippen molar-refractivity contribution in [2.24, 2.45) is 0 Å². The third-order valence-electron chi connectivity index (χ3n) is 3.92. The predicted octanol–water partition coefficient (Wildman–Crippen LogP) is 4.47. The summed E-state index contributed by atoms with van der Waals surface area (Å²) < 4.78 is 51.0. The third-order valence-corrected chi connectivity index (χ3v) is 5.84. The molecule has 1 aliphatic heterocycles. The zero-order valence-electron chi connectivity index (χ0n) is 13.4. The molecule has 27 heavy (non-hydrogen) atoms.